The van der Waals surface area contributed by atoms with Gasteiger partial charge in [0.15, 0.2) is 0 Å². The Hall–Kier alpha value is -1.11. The molecule has 0 spiro atoms. The van der Waals surface area contributed by atoms with Gasteiger partial charge in [-0.1, -0.05) is 44.5 Å². The molecule has 1 aromatic rings. The van der Waals surface area contributed by atoms with E-state index in [4.69, 9.17) is 0 Å². The van der Waals surface area contributed by atoms with Crippen molar-refractivity contribution in [2.45, 2.75) is 39.0 Å². The standard InChI is InChI=1S/C13H18O/c1-3-7-11(4-2)13-9-6-5-8-12(13)10-14/h5-6,8-11H,3-4,7H2,1-2H3. The van der Waals surface area contributed by atoms with Crippen LogP contribution in [0, 0.1) is 0 Å². The zero-order valence-electron chi connectivity index (χ0n) is 8.99. The summed E-state index contributed by atoms with van der Waals surface area (Å²) in [6, 6.07) is 7.92. The van der Waals surface area contributed by atoms with Crippen LogP contribution in [0.15, 0.2) is 24.3 Å². The summed E-state index contributed by atoms with van der Waals surface area (Å²) in [6.07, 6.45) is 4.42. The lowest BCUT2D eigenvalue weighted by molar-refractivity contribution is 0.112. The average Bonchev–Trinajstić information content (AvgIpc) is 2.26. The summed E-state index contributed by atoms with van der Waals surface area (Å²) in [5, 5.41) is 0. The van der Waals surface area contributed by atoms with Gasteiger partial charge in [-0.15, -0.1) is 0 Å². The summed E-state index contributed by atoms with van der Waals surface area (Å²) >= 11 is 0. The minimum Gasteiger partial charge on any atom is -0.298 e. The molecule has 0 aliphatic carbocycles. The molecule has 0 heterocycles. The van der Waals surface area contributed by atoms with Crippen LogP contribution in [0.1, 0.15) is 54.9 Å². The molecule has 0 aromatic heterocycles. The summed E-state index contributed by atoms with van der Waals surface area (Å²) < 4.78 is 0. The molecule has 1 unspecified atom stereocenters. The van der Waals surface area contributed by atoms with Crippen LogP contribution < -0.4 is 0 Å². The van der Waals surface area contributed by atoms with E-state index in [2.05, 4.69) is 19.9 Å². The van der Waals surface area contributed by atoms with Crippen LogP contribution in [-0.2, 0) is 0 Å². The highest BCUT2D eigenvalue weighted by Crippen LogP contribution is 2.26. The van der Waals surface area contributed by atoms with Gasteiger partial charge in [0.1, 0.15) is 6.29 Å². The molecular weight excluding hydrogens is 172 g/mol. The van der Waals surface area contributed by atoms with Crippen LogP contribution in [0.4, 0.5) is 0 Å². The van der Waals surface area contributed by atoms with Gasteiger partial charge >= 0.3 is 0 Å². The van der Waals surface area contributed by atoms with E-state index in [1.165, 1.54) is 18.4 Å². The van der Waals surface area contributed by atoms with Gasteiger partial charge in [-0.2, -0.15) is 0 Å². The van der Waals surface area contributed by atoms with Crippen molar-refractivity contribution in [1.82, 2.24) is 0 Å². The van der Waals surface area contributed by atoms with Gasteiger partial charge in [-0.3, -0.25) is 4.79 Å². The lowest BCUT2D eigenvalue weighted by atomic mass is 9.89. The van der Waals surface area contributed by atoms with E-state index in [-0.39, 0.29) is 0 Å². The Morgan fingerprint density at radius 1 is 1.29 bits per heavy atom. The summed E-state index contributed by atoms with van der Waals surface area (Å²) in [4.78, 5) is 10.9. The normalized spacial score (nSPS) is 12.4. The first-order chi connectivity index (χ1) is 6.83. The lowest BCUT2D eigenvalue weighted by Gasteiger charge is -2.15. The van der Waals surface area contributed by atoms with Gasteiger partial charge in [0, 0.05) is 5.56 Å². The molecule has 1 heteroatoms. The Labute approximate surface area is 86.1 Å². The lowest BCUT2D eigenvalue weighted by Crippen LogP contribution is -2.01. The Morgan fingerprint density at radius 2 is 2.00 bits per heavy atom. The number of hydrogen-bond acceptors (Lipinski definition) is 1. The molecule has 0 saturated heterocycles. The van der Waals surface area contributed by atoms with Gasteiger partial charge < -0.3 is 0 Å². The molecule has 1 rings (SSSR count). The smallest absolute Gasteiger partial charge is 0.150 e. The Balaban J connectivity index is 2.95. The third-order valence-electron chi connectivity index (χ3n) is 2.69. The highest BCUT2D eigenvalue weighted by atomic mass is 16.1. The summed E-state index contributed by atoms with van der Waals surface area (Å²) in [5.74, 6) is 0.543. The zero-order chi connectivity index (χ0) is 10.4. The fraction of sp³-hybridized carbons (Fsp3) is 0.462. The molecule has 0 amide bonds. The highest BCUT2D eigenvalue weighted by molar-refractivity contribution is 5.77. The van der Waals surface area contributed by atoms with Gasteiger partial charge in [0.05, 0.1) is 0 Å². The van der Waals surface area contributed by atoms with Crippen LogP contribution in [-0.4, -0.2) is 6.29 Å². The van der Waals surface area contributed by atoms with Crippen molar-refractivity contribution in [3.05, 3.63) is 35.4 Å². The van der Waals surface area contributed by atoms with Crippen LogP contribution in [0.25, 0.3) is 0 Å². The first-order valence-electron chi connectivity index (χ1n) is 5.37. The predicted molar refractivity (Wildman–Crippen MR) is 59.8 cm³/mol. The van der Waals surface area contributed by atoms with Crippen LogP contribution in [0.5, 0.6) is 0 Å². The Morgan fingerprint density at radius 3 is 2.57 bits per heavy atom. The monoisotopic (exact) mass is 190 g/mol. The van der Waals surface area contributed by atoms with Crippen molar-refractivity contribution in [2.75, 3.05) is 0 Å². The second-order valence-corrected chi connectivity index (χ2v) is 3.64. The van der Waals surface area contributed by atoms with Crippen molar-refractivity contribution < 1.29 is 4.79 Å². The highest BCUT2D eigenvalue weighted by Gasteiger charge is 2.11. The number of aldehydes is 1. The van der Waals surface area contributed by atoms with E-state index < -0.39 is 0 Å². The second kappa shape index (κ2) is 5.58. The molecule has 1 nitrogen and oxygen atoms in total. The number of carbonyl (C=O) groups excluding carboxylic acids is 1. The maximum atomic E-state index is 10.9. The van der Waals surface area contributed by atoms with Crippen molar-refractivity contribution >= 4 is 6.29 Å². The van der Waals surface area contributed by atoms with Crippen LogP contribution >= 0.6 is 0 Å². The molecule has 76 valence electrons. The van der Waals surface area contributed by atoms with Gasteiger partial charge in [-0.25, -0.2) is 0 Å². The van der Waals surface area contributed by atoms with Crippen molar-refractivity contribution in [1.29, 1.82) is 0 Å². The fourth-order valence-corrected chi connectivity index (χ4v) is 1.92. The van der Waals surface area contributed by atoms with E-state index in [0.29, 0.717) is 5.92 Å². The molecule has 1 aromatic carbocycles. The average molecular weight is 190 g/mol. The quantitative estimate of drug-likeness (QED) is 0.645. The van der Waals surface area contributed by atoms with E-state index in [0.717, 1.165) is 18.3 Å². The molecule has 0 fully saturated rings. The first-order valence-corrected chi connectivity index (χ1v) is 5.37. The molecule has 1 atom stereocenters. The maximum Gasteiger partial charge on any atom is 0.150 e. The molecule has 0 radical (unpaired) electrons. The zero-order valence-corrected chi connectivity index (χ0v) is 8.99. The van der Waals surface area contributed by atoms with Gasteiger partial charge in [0.25, 0.3) is 0 Å². The van der Waals surface area contributed by atoms with E-state index in [1.807, 2.05) is 18.2 Å². The van der Waals surface area contributed by atoms with Gasteiger partial charge in [0.2, 0.25) is 0 Å². The first kappa shape index (κ1) is 11.0. The van der Waals surface area contributed by atoms with E-state index in [1.54, 1.807) is 0 Å². The third kappa shape index (κ3) is 2.44. The van der Waals surface area contributed by atoms with Crippen molar-refractivity contribution in [3.8, 4) is 0 Å². The second-order valence-electron chi connectivity index (χ2n) is 3.64. The van der Waals surface area contributed by atoms with Crippen LogP contribution in [0.2, 0.25) is 0 Å². The maximum absolute atomic E-state index is 10.9. The van der Waals surface area contributed by atoms with Crippen molar-refractivity contribution in [3.63, 3.8) is 0 Å². The minimum atomic E-state index is 0.543. The summed E-state index contributed by atoms with van der Waals surface area (Å²) in [7, 11) is 0. The van der Waals surface area contributed by atoms with Crippen molar-refractivity contribution in [2.24, 2.45) is 0 Å². The van der Waals surface area contributed by atoms with E-state index in [9.17, 15) is 4.79 Å². The van der Waals surface area contributed by atoms with Crippen LogP contribution in [0.3, 0.4) is 0 Å². The predicted octanol–water partition coefficient (Wildman–Crippen LogP) is 3.79. The summed E-state index contributed by atoms with van der Waals surface area (Å²) in [6.45, 7) is 4.37. The molecule has 0 aliphatic heterocycles. The minimum absolute atomic E-state index is 0.543. The molecule has 14 heavy (non-hydrogen) atoms. The third-order valence-corrected chi connectivity index (χ3v) is 2.69. The van der Waals surface area contributed by atoms with E-state index >= 15 is 0 Å². The molecule has 0 bridgehead atoms. The molecular formula is C13H18O. The molecule has 0 N–H and O–H groups in total. The molecule has 0 saturated carbocycles. The fourth-order valence-electron chi connectivity index (χ4n) is 1.92. The number of rotatable bonds is 5. The Kier molecular flexibility index (Phi) is 4.37. The summed E-state index contributed by atoms with van der Waals surface area (Å²) in [5.41, 5.74) is 2.07. The number of carbonyl (C=O) groups is 1. The SMILES string of the molecule is CCCC(CC)c1ccccc1C=O. The topological polar surface area (TPSA) is 17.1 Å². The Bertz CT molecular complexity index is 291. The largest absolute Gasteiger partial charge is 0.298 e. The number of benzene rings is 1. The van der Waals surface area contributed by atoms with Gasteiger partial charge in [-0.05, 0) is 24.3 Å². The number of hydrogen-bond donors (Lipinski definition) is 0. The molecule has 0 aliphatic rings.